The van der Waals surface area contributed by atoms with Gasteiger partial charge in [-0.15, -0.1) is 0 Å². The van der Waals surface area contributed by atoms with E-state index in [1.807, 2.05) is 0 Å². The standard InChI is InChI=1S/2Al.Mg.H3O4P.H2O.O.6H/c;;;1-5(2,3)4;;;;;;;;/h;;;(H3,1,2,3,4);1H2;;;;;;;. The van der Waals surface area contributed by atoms with Crippen molar-refractivity contribution in [1.82, 2.24) is 0 Å². The summed E-state index contributed by atoms with van der Waals surface area (Å²) in [6, 6.07) is 0. The van der Waals surface area contributed by atoms with Crippen LogP contribution < -0.4 is 0 Å². The van der Waals surface area contributed by atoms with Gasteiger partial charge in [-0.3, -0.25) is 0 Å². The van der Waals surface area contributed by atoms with Gasteiger partial charge in [-0.25, -0.2) is 4.57 Å². The van der Waals surface area contributed by atoms with E-state index in [0.717, 1.165) is 0 Å². The molecule has 0 unspecified atom stereocenters. The zero-order chi connectivity index (χ0) is 6.50. The Balaban J connectivity index is -0.0000000154. The number of phosphoric acid groups is 1. The van der Waals surface area contributed by atoms with E-state index in [1.165, 1.54) is 0 Å². The zero-order valence-electron chi connectivity index (χ0n) is 3.81. The molecule has 10 heteroatoms. The quantitative estimate of drug-likeness (QED) is 0.277. The van der Waals surface area contributed by atoms with Crippen LogP contribution in [0.1, 0.15) is 0 Å². The second-order valence-electron chi connectivity index (χ2n) is 0.513. The summed E-state index contributed by atoms with van der Waals surface area (Å²) in [5, 5.41) is 0. The first-order chi connectivity index (χ1) is 3.00. The van der Waals surface area contributed by atoms with Gasteiger partial charge in [0.1, 0.15) is 0 Å². The predicted octanol–water partition coefficient (Wildman–Crippen LogP) is -4.62. The van der Waals surface area contributed by atoms with Gasteiger partial charge >= 0.3 is 50.9 Å². The third-order valence-corrected chi connectivity index (χ3v) is 0. The molecule has 0 spiro atoms. The van der Waals surface area contributed by atoms with E-state index in [2.05, 4.69) is 0 Å². The van der Waals surface area contributed by atoms with E-state index >= 15 is 0 Å². The zero-order valence-corrected chi connectivity index (χ0v) is 6.12. The van der Waals surface area contributed by atoms with Crippen molar-refractivity contribution in [2.75, 3.05) is 0 Å². The van der Waals surface area contributed by atoms with Gasteiger partial charge in [0.05, 0.1) is 0 Å². The topological polar surface area (TPSA) is 126 Å². The van der Waals surface area contributed by atoms with Gasteiger partial charge in [-0.05, 0) is 0 Å². The van der Waals surface area contributed by atoms with Crippen molar-refractivity contribution in [3.63, 3.8) is 0 Å². The summed E-state index contributed by atoms with van der Waals surface area (Å²) in [4.78, 5) is 21.6. The molecular weight excluding hydrogens is 205 g/mol. The second kappa shape index (κ2) is 17.0. The molecule has 0 aliphatic heterocycles. The molecule has 0 aromatic heterocycles. The molecule has 0 amide bonds. The number of hydrogen-bond acceptors (Lipinski definition) is 2. The van der Waals surface area contributed by atoms with Crippen molar-refractivity contribution < 1.29 is 28.5 Å². The molecule has 0 fully saturated rings. The van der Waals surface area contributed by atoms with E-state index in [-0.39, 0.29) is 45.9 Å². The van der Waals surface area contributed by atoms with Crippen LogP contribution in [0, 0.1) is 0 Å². The molecule has 0 bridgehead atoms. The van der Waals surface area contributed by atoms with E-state index < -0.39 is 7.82 Å². The normalized spacial score (nSPS) is 6.20. The molecule has 10 heavy (non-hydrogen) atoms. The van der Waals surface area contributed by atoms with Crippen LogP contribution in [0.3, 0.4) is 0 Å². The molecule has 6 nitrogen and oxygen atoms in total. The fourth-order valence-electron chi connectivity index (χ4n) is 0. The maximum atomic E-state index is 8.88. The average Bonchev–Trinajstić information content (AvgIpc) is 1.36. The molecule has 0 rings (SSSR count). The molecule has 0 radical (unpaired) electrons. The molecule has 0 saturated heterocycles. The molecule has 0 heterocycles. The Hall–Kier alpha value is 1.70. The van der Waals surface area contributed by atoms with Crippen molar-refractivity contribution in [2.45, 2.75) is 0 Å². The summed E-state index contributed by atoms with van der Waals surface area (Å²) in [5.41, 5.74) is 0. The van der Waals surface area contributed by atoms with Crippen LogP contribution >= 0.6 is 7.82 Å². The average molecular weight is 216 g/mol. The minimum absolute atomic E-state index is 0. The summed E-state index contributed by atoms with van der Waals surface area (Å²) in [6.45, 7) is 0. The van der Waals surface area contributed by atoms with Gasteiger partial charge in [-0.1, -0.05) is 0 Å². The van der Waals surface area contributed by atoms with Gasteiger partial charge < -0.3 is 20.2 Å². The molecular formula is H11Al2MgO6P. The van der Waals surface area contributed by atoms with E-state index in [4.69, 9.17) is 23.0 Å². The van der Waals surface area contributed by atoms with Crippen molar-refractivity contribution in [2.24, 2.45) is 0 Å². The van der Waals surface area contributed by atoms with Gasteiger partial charge in [0.2, 0.25) is 0 Å². The second-order valence-corrected chi connectivity index (χ2v) is 1.54. The van der Waals surface area contributed by atoms with Crippen LogP contribution in [0.25, 0.3) is 0 Å². The SMILES string of the molecule is O.O=P(O)(O)O.[AlH3].[MgH2].[O]=[AlH]. The third-order valence-electron chi connectivity index (χ3n) is 0. The van der Waals surface area contributed by atoms with Crippen LogP contribution in [0.5, 0.6) is 0 Å². The van der Waals surface area contributed by atoms with Gasteiger partial charge in [0.25, 0.3) is 0 Å². The van der Waals surface area contributed by atoms with Crippen molar-refractivity contribution in [3.8, 4) is 0 Å². The molecule has 5 N–H and O–H groups in total. The predicted molar refractivity (Wildman–Crippen MR) is 44.2 cm³/mol. The Morgan fingerprint density at radius 3 is 1.10 bits per heavy atom. The Labute approximate surface area is 92.5 Å². The van der Waals surface area contributed by atoms with Crippen LogP contribution in [0.15, 0.2) is 0 Å². The Kier molecular flexibility index (Phi) is 50.7. The summed E-state index contributed by atoms with van der Waals surface area (Å²) in [6.07, 6.45) is 0. The molecule has 60 valence electrons. The molecule has 0 atom stereocenters. The summed E-state index contributed by atoms with van der Waals surface area (Å²) in [5.74, 6) is 0. The Bertz CT molecular complexity index is 71.6. The maximum absolute atomic E-state index is 8.88. The van der Waals surface area contributed by atoms with Crippen LogP contribution in [-0.4, -0.2) is 76.8 Å². The molecule has 0 aromatic carbocycles. The molecule has 0 aliphatic carbocycles. The van der Waals surface area contributed by atoms with Crippen LogP contribution in [0.2, 0.25) is 0 Å². The fraction of sp³-hybridized carbons (Fsp3) is 0. The number of rotatable bonds is 0. The third kappa shape index (κ3) is 254. The first-order valence-electron chi connectivity index (χ1n) is 1.07. The Morgan fingerprint density at radius 1 is 1.10 bits per heavy atom. The van der Waals surface area contributed by atoms with Gasteiger partial charge in [0.15, 0.2) is 17.4 Å². The van der Waals surface area contributed by atoms with Crippen molar-refractivity contribution >= 4 is 64.5 Å². The summed E-state index contributed by atoms with van der Waals surface area (Å²) < 4.78 is 17.2. The van der Waals surface area contributed by atoms with Gasteiger partial charge in [-0.2, -0.15) is 0 Å². The molecule has 0 aliphatic rings. The molecule has 0 saturated carbocycles. The fourth-order valence-corrected chi connectivity index (χ4v) is 0. The Morgan fingerprint density at radius 2 is 1.10 bits per heavy atom. The minimum atomic E-state index is -4.64. The van der Waals surface area contributed by atoms with Crippen LogP contribution in [-0.2, 0) is 8.37 Å². The van der Waals surface area contributed by atoms with E-state index in [9.17, 15) is 0 Å². The first-order valence-corrected chi connectivity index (χ1v) is 3.21. The van der Waals surface area contributed by atoms with Crippen molar-refractivity contribution in [3.05, 3.63) is 0 Å². The monoisotopic (exact) mass is 216 g/mol. The molecule has 0 aromatic rings. The van der Waals surface area contributed by atoms with Crippen molar-refractivity contribution in [1.29, 1.82) is 0 Å². The summed E-state index contributed by atoms with van der Waals surface area (Å²) in [7, 11) is -4.64. The van der Waals surface area contributed by atoms with E-state index in [1.54, 1.807) is 0 Å². The van der Waals surface area contributed by atoms with E-state index in [0.29, 0.717) is 16.2 Å². The van der Waals surface area contributed by atoms with Crippen LogP contribution in [0.4, 0.5) is 0 Å². The summed E-state index contributed by atoms with van der Waals surface area (Å²) >= 11 is 0.611. The van der Waals surface area contributed by atoms with Gasteiger partial charge in [0, 0.05) is 0 Å². The number of hydrogen-bond donors (Lipinski definition) is 3. The first kappa shape index (κ1) is 29.8.